The fraction of sp³-hybridized carbons (Fsp3) is 0.786. The molecular formula is C14H23NO6. The zero-order valence-corrected chi connectivity index (χ0v) is 12.8. The van der Waals surface area contributed by atoms with Crippen LogP contribution in [0.5, 0.6) is 0 Å². The highest BCUT2D eigenvalue weighted by molar-refractivity contribution is 5.89. The number of aliphatic hydroxyl groups excluding tert-OH is 1. The maximum atomic E-state index is 12.6. The van der Waals surface area contributed by atoms with Gasteiger partial charge < -0.3 is 19.8 Å². The van der Waals surface area contributed by atoms with Crippen molar-refractivity contribution in [3.05, 3.63) is 0 Å². The highest BCUT2D eigenvalue weighted by Gasteiger charge is 2.44. The van der Waals surface area contributed by atoms with Crippen LogP contribution in [0.3, 0.4) is 0 Å². The number of β-amino-alcohol motifs (C(OH)–C–C–N with tert-alkyl or cyclic N) is 1. The lowest BCUT2D eigenvalue weighted by Crippen LogP contribution is -2.47. The Balaban J connectivity index is 3.01. The smallest absolute Gasteiger partial charge is 0.328 e. The second-order valence-corrected chi connectivity index (χ2v) is 6.44. The summed E-state index contributed by atoms with van der Waals surface area (Å²) in [6, 6.07) is -0.851. The third kappa shape index (κ3) is 4.17. The number of hydrogen-bond acceptors (Lipinski definition) is 5. The molecule has 0 aromatic carbocycles. The van der Waals surface area contributed by atoms with Crippen molar-refractivity contribution >= 4 is 17.8 Å². The number of aliphatic carboxylic acids is 1. The van der Waals surface area contributed by atoms with Gasteiger partial charge >= 0.3 is 11.9 Å². The Hall–Kier alpha value is -1.63. The second kappa shape index (κ2) is 6.43. The first kappa shape index (κ1) is 17.4. The molecule has 3 atom stereocenters. The minimum Gasteiger partial charge on any atom is -0.481 e. The van der Waals surface area contributed by atoms with Crippen molar-refractivity contribution in [2.75, 3.05) is 13.7 Å². The molecule has 0 unspecified atom stereocenters. The standard InChI is InChI=1S/C14H23NO6/c1-14(2,3)9(6-11(17)18)12(19)15-7-8(16)5-10(15)13(20)21-4/h8-10,16H,5-7H2,1-4H3,(H,17,18)/t8-,9+,10-/m0/s1. The van der Waals surface area contributed by atoms with E-state index < -0.39 is 41.3 Å². The van der Waals surface area contributed by atoms with E-state index in [0.717, 1.165) is 0 Å². The summed E-state index contributed by atoms with van der Waals surface area (Å²) in [6.45, 7) is 5.35. The van der Waals surface area contributed by atoms with Gasteiger partial charge in [-0.2, -0.15) is 0 Å². The summed E-state index contributed by atoms with van der Waals surface area (Å²) in [7, 11) is 1.22. The molecule has 0 aliphatic carbocycles. The van der Waals surface area contributed by atoms with Crippen molar-refractivity contribution in [1.82, 2.24) is 4.90 Å². The number of carboxylic acids is 1. The van der Waals surface area contributed by atoms with Crippen LogP contribution < -0.4 is 0 Å². The Kier molecular flexibility index (Phi) is 5.33. The predicted octanol–water partition coefficient (Wildman–Crippen LogP) is 0.258. The summed E-state index contributed by atoms with van der Waals surface area (Å²) in [6.07, 6.45) is -1.01. The van der Waals surface area contributed by atoms with Crippen LogP contribution in [0, 0.1) is 11.3 Å². The van der Waals surface area contributed by atoms with E-state index in [1.807, 2.05) is 0 Å². The SMILES string of the molecule is COC(=O)[C@@H]1C[C@H](O)CN1C(=O)[C@@H](CC(=O)O)C(C)(C)C. The summed E-state index contributed by atoms with van der Waals surface area (Å²) in [5.41, 5.74) is -0.566. The van der Waals surface area contributed by atoms with Gasteiger partial charge in [-0.3, -0.25) is 9.59 Å². The van der Waals surface area contributed by atoms with E-state index in [1.165, 1.54) is 12.0 Å². The molecule has 0 saturated carbocycles. The maximum Gasteiger partial charge on any atom is 0.328 e. The lowest BCUT2D eigenvalue weighted by molar-refractivity contribution is -0.155. The van der Waals surface area contributed by atoms with Gasteiger partial charge in [-0.05, 0) is 5.41 Å². The summed E-state index contributed by atoms with van der Waals surface area (Å²) < 4.78 is 4.65. The van der Waals surface area contributed by atoms with Gasteiger partial charge in [0, 0.05) is 13.0 Å². The van der Waals surface area contributed by atoms with Crippen LogP contribution in [0.2, 0.25) is 0 Å². The average Bonchev–Trinajstić information content (AvgIpc) is 2.74. The van der Waals surface area contributed by atoms with E-state index in [2.05, 4.69) is 4.74 Å². The van der Waals surface area contributed by atoms with Gasteiger partial charge in [0.2, 0.25) is 5.91 Å². The molecule has 0 aromatic rings. The van der Waals surface area contributed by atoms with Crippen LogP contribution in [-0.2, 0) is 19.1 Å². The van der Waals surface area contributed by atoms with Crippen LogP contribution in [0.1, 0.15) is 33.6 Å². The number of aliphatic hydroxyl groups is 1. The number of ether oxygens (including phenoxy) is 1. The molecule has 1 aliphatic heterocycles. The molecule has 21 heavy (non-hydrogen) atoms. The number of amides is 1. The monoisotopic (exact) mass is 301 g/mol. The Bertz CT molecular complexity index is 428. The molecule has 7 nitrogen and oxygen atoms in total. The van der Waals surface area contributed by atoms with Gasteiger partial charge in [0.05, 0.1) is 25.6 Å². The lowest BCUT2D eigenvalue weighted by atomic mass is 9.77. The van der Waals surface area contributed by atoms with Crippen molar-refractivity contribution < 1.29 is 29.3 Å². The van der Waals surface area contributed by atoms with E-state index in [-0.39, 0.29) is 19.4 Å². The molecule has 2 N–H and O–H groups in total. The van der Waals surface area contributed by atoms with E-state index in [9.17, 15) is 19.5 Å². The topological polar surface area (TPSA) is 104 Å². The molecule has 1 saturated heterocycles. The number of methoxy groups -OCH3 is 1. The summed E-state index contributed by atoms with van der Waals surface area (Å²) >= 11 is 0. The quantitative estimate of drug-likeness (QED) is 0.722. The predicted molar refractivity (Wildman–Crippen MR) is 73.3 cm³/mol. The summed E-state index contributed by atoms with van der Waals surface area (Å²) in [5.74, 6) is -2.87. The third-order valence-corrected chi connectivity index (χ3v) is 3.76. The van der Waals surface area contributed by atoms with Crippen molar-refractivity contribution in [3.8, 4) is 0 Å². The van der Waals surface area contributed by atoms with E-state index >= 15 is 0 Å². The average molecular weight is 301 g/mol. The second-order valence-electron chi connectivity index (χ2n) is 6.44. The van der Waals surface area contributed by atoms with Crippen LogP contribution >= 0.6 is 0 Å². The van der Waals surface area contributed by atoms with Crippen molar-refractivity contribution in [1.29, 1.82) is 0 Å². The molecule has 7 heteroatoms. The molecule has 1 aliphatic rings. The molecule has 0 bridgehead atoms. The van der Waals surface area contributed by atoms with Gasteiger partial charge in [0.1, 0.15) is 6.04 Å². The molecule has 1 rings (SSSR count). The minimum absolute atomic E-state index is 0.0186. The number of carbonyl (C=O) groups is 3. The normalized spacial score (nSPS) is 23.8. The molecule has 0 radical (unpaired) electrons. The maximum absolute atomic E-state index is 12.6. The van der Waals surface area contributed by atoms with Gasteiger partial charge in [0.25, 0.3) is 0 Å². The molecule has 1 amide bonds. The van der Waals surface area contributed by atoms with Crippen molar-refractivity contribution in [2.24, 2.45) is 11.3 Å². The number of rotatable bonds is 4. The lowest BCUT2D eigenvalue weighted by Gasteiger charge is -2.33. The number of hydrogen-bond donors (Lipinski definition) is 2. The van der Waals surface area contributed by atoms with Gasteiger partial charge in [-0.1, -0.05) is 20.8 Å². The first-order valence-electron chi connectivity index (χ1n) is 6.86. The van der Waals surface area contributed by atoms with Crippen LogP contribution in [0.4, 0.5) is 0 Å². The molecule has 0 spiro atoms. The van der Waals surface area contributed by atoms with E-state index in [0.29, 0.717) is 0 Å². The fourth-order valence-electron chi connectivity index (χ4n) is 2.56. The van der Waals surface area contributed by atoms with Crippen LogP contribution in [-0.4, -0.2) is 58.8 Å². The Morgan fingerprint density at radius 1 is 1.33 bits per heavy atom. The van der Waals surface area contributed by atoms with Gasteiger partial charge in [-0.25, -0.2) is 4.79 Å². The van der Waals surface area contributed by atoms with Crippen molar-refractivity contribution in [3.63, 3.8) is 0 Å². The largest absolute Gasteiger partial charge is 0.481 e. The number of carbonyl (C=O) groups excluding carboxylic acids is 2. The molecule has 0 aromatic heterocycles. The number of esters is 1. The summed E-state index contributed by atoms with van der Waals surface area (Å²) in [5, 5.41) is 18.7. The number of carboxylic acid groups (broad SMARTS) is 1. The molecule has 1 heterocycles. The minimum atomic E-state index is -1.07. The number of likely N-dealkylation sites (tertiary alicyclic amines) is 1. The molecule has 120 valence electrons. The highest BCUT2D eigenvalue weighted by Crippen LogP contribution is 2.33. The zero-order valence-electron chi connectivity index (χ0n) is 12.8. The molecule has 1 fully saturated rings. The Morgan fingerprint density at radius 3 is 2.33 bits per heavy atom. The summed E-state index contributed by atoms with van der Waals surface area (Å²) in [4.78, 5) is 36.6. The first-order valence-corrected chi connectivity index (χ1v) is 6.86. The van der Waals surface area contributed by atoms with E-state index in [4.69, 9.17) is 5.11 Å². The Labute approximate surface area is 123 Å². The first-order chi connectivity index (χ1) is 9.57. The fourth-order valence-corrected chi connectivity index (χ4v) is 2.56. The Morgan fingerprint density at radius 2 is 1.90 bits per heavy atom. The van der Waals surface area contributed by atoms with Crippen molar-refractivity contribution in [2.45, 2.75) is 45.8 Å². The van der Waals surface area contributed by atoms with Gasteiger partial charge in [-0.15, -0.1) is 0 Å². The highest BCUT2D eigenvalue weighted by atomic mass is 16.5. The van der Waals surface area contributed by atoms with Crippen LogP contribution in [0.15, 0.2) is 0 Å². The van der Waals surface area contributed by atoms with Gasteiger partial charge in [0.15, 0.2) is 0 Å². The molecular weight excluding hydrogens is 278 g/mol. The van der Waals surface area contributed by atoms with E-state index in [1.54, 1.807) is 20.8 Å². The zero-order chi connectivity index (χ0) is 16.4. The number of nitrogens with zero attached hydrogens (tertiary/aromatic N) is 1. The van der Waals surface area contributed by atoms with Crippen LogP contribution in [0.25, 0.3) is 0 Å². The third-order valence-electron chi connectivity index (χ3n) is 3.76.